The van der Waals surface area contributed by atoms with Gasteiger partial charge in [-0.2, -0.15) is 0 Å². The Hall–Kier alpha value is -1.82. The molecule has 0 spiro atoms. The van der Waals surface area contributed by atoms with Crippen molar-refractivity contribution in [2.75, 3.05) is 14.2 Å². The highest BCUT2D eigenvalue weighted by Gasteiger charge is 2.04. The Bertz CT molecular complexity index is 660. The highest BCUT2D eigenvalue weighted by atomic mass is 127. The van der Waals surface area contributed by atoms with E-state index in [1.54, 1.807) is 26.4 Å². The Kier molecular flexibility index (Phi) is 5.38. The van der Waals surface area contributed by atoms with Crippen molar-refractivity contribution in [2.24, 2.45) is 0 Å². The minimum absolute atomic E-state index is 0.0451. The summed E-state index contributed by atoms with van der Waals surface area (Å²) in [7, 11) is 3.20. The molecule has 0 aliphatic heterocycles. The summed E-state index contributed by atoms with van der Waals surface area (Å²) < 4.78 is 11.6. The normalized spacial score (nSPS) is 10.6. The van der Waals surface area contributed by atoms with Crippen molar-refractivity contribution in [3.63, 3.8) is 0 Å². The van der Waals surface area contributed by atoms with Gasteiger partial charge in [0.2, 0.25) is 0 Å². The number of hydrogen-bond acceptors (Lipinski definition) is 3. The lowest BCUT2D eigenvalue weighted by Gasteiger charge is -2.07. The van der Waals surface area contributed by atoms with Crippen LogP contribution < -0.4 is 9.47 Å². The lowest BCUT2D eigenvalue weighted by atomic mass is 10.1. The van der Waals surface area contributed by atoms with Crippen LogP contribution in [0.4, 0.5) is 0 Å². The van der Waals surface area contributed by atoms with Crippen molar-refractivity contribution in [3.8, 4) is 11.5 Å². The van der Waals surface area contributed by atoms with Gasteiger partial charge in [-0.1, -0.05) is 12.1 Å². The number of carbonyl (C=O) groups excluding carboxylic acids is 1. The molecule has 2 rings (SSSR count). The molecule has 0 aromatic heterocycles. The maximum absolute atomic E-state index is 12.1. The number of allylic oxidation sites excluding steroid dienone is 1. The average molecular weight is 394 g/mol. The zero-order chi connectivity index (χ0) is 15.2. The van der Waals surface area contributed by atoms with Gasteiger partial charge in [0.1, 0.15) is 11.5 Å². The van der Waals surface area contributed by atoms with E-state index in [2.05, 4.69) is 22.6 Å². The van der Waals surface area contributed by atoms with Crippen LogP contribution in [0.1, 0.15) is 15.9 Å². The highest BCUT2D eigenvalue weighted by Crippen LogP contribution is 2.25. The lowest BCUT2D eigenvalue weighted by molar-refractivity contribution is 0.104. The number of hydrogen-bond donors (Lipinski definition) is 0. The molecule has 0 N–H and O–H groups in total. The molecule has 2 aromatic rings. The summed E-state index contributed by atoms with van der Waals surface area (Å²) in [4.78, 5) is 12.1. The van der Waals surface area contributed by atoms with Gasteiger partial charge in [0.05, 0.1) is 14.2 Å². The zero-order valence-corrected chi connectivity index (χ0v) is 14.0. The van der Waals surface area contributed by atoms with Gasteiger partial charge in [0.25, 0.3) is 0 Å². The van der Waals surface area contributed by atoms with Crippen LogP contribution in [0.5, 0.6) is 11.5 Å². The molecule has 0 saturated heterocycles. The van der Waals surface area contributed by atoms with Crippen LogP contribution in [0.3, 0.4) is 0 Å². The largest absolute Gasteiger partial charge is 0.497 e. The topological polar surface area (TPSA) is 35.5 Å². The minimum atomic E-state index is -0.0451. The maximum Gasteiger partial charge on any atom is 0.185 e. The highest BCUT2D eigenvalue weighted by molar-refractivity contribution is 14.1. The van der Waals surface area contributed by atoms with Crippen molar-refractivity contribution in [2.45, 2.75) is 0 Å². The van der Waals surface area contributed by atoms with Gasteiger partial charge in [-0.15, -0.1) is 0 Å². The van der Waals surface area contributed by atoms with Crippen molar-refractivity contribution in [3.05, 3.63) is 63.2 Å². The molecular formula is C17H15IO3. The Morgan fingerprint density at radius 3 is 2.38 bits per heavy atom. The zero-order valence-electron chi connectivity index (χ0n) is 11.8. The first kappa shape index (κ1) is 15.6. The van der Waals surface area contributed by atoms with Crippen molar-refractivity contribution >= 4 is 34.5 Å². The van der Waals surface area contributed by atoms with E-state index in [1.807, 2.05) is 42.5 Å². The lowest BCUT2D eigenvalue weighted by Crippen LogP contribution is -1.94. The Labute approximate surface area is 137 Å². The predicted molar refractivity (Wildman–Crippen MR) is 92.1 cm³/mol. The van der Waals surface area contributed by atoms with Crippen LogP contribution in [-0.4, -0.2) is 20.0 Å². The number of rotatable bonds is 5. The van der Waals surface area contributed by atoms with Gasteiger partial charge in [-0.25, -0.2) is 0 Å². The number of benzene rings is 2. The van der Waals surface area contributed by atoms with E-state index in [1.165, 1.54) is 0 Å². The second kappa shape index (κ2) is 7.26. The molecule has 0 aliphatic carbocycles. The molecular weight excluding hydrogens is 379 g/mol. The molecule has 0 bridgehead atoms. The molecule has 4 heteroatoms. The van der Waals surface area contributed by atoms with Crippen molar-refractivity contribution < 1.29 is 14.3 Å². The smallest absolute Gasteiger partial charge is 0.185 e. The molecule has 3 nitrogen and oxygen atoms in total. The summed E-state index contributed by atoms with van der Waals surface area (Å²) in [5, 5.41) is 0. The van der Waals surface area contributed by atoms with Gasteiger partial charge in [0.15, 0.2) is 5.78 Å². The van der Waals surface area contributed by atoms with Crippen LogP contribution in [0.15, 0.2) is 48.5 Å². The third kappa shape index (κ3) is 4.07. The monoisotopic (exact) mass is 394 g/mol. The quantitative estimate of drug-likeness (QED) is 0.433. The van der Waals surface area contributed by atoms with E-state index in [9.17, 15) is 4.79 Å². The van der Waals surface area contributed by atoms with Gasteiger partial charge in [0, 0.05) is 14.7 Å². The van der Waals surface area contributed by atoms with Gasteiger partial charge in [-0.3, -0.25) is 4.79 Å². The second-order valence-electron chi connectivity index (χ2n) is 4.31. The summed E-state index contributed by atoms with van der Waals surface area (Å²) in [5.74, 6) is 1.37. The molecule has 108 valence electrons. The molecule has 2 aromatic carbocycles. The number of carbonyl (C=O) groups is 1. The predicted octanol–water partition coefficient (Wildman–Crippen LogP) is 4.20. The summed E-state index contributed by atoms with van der Waals surface area (Å²) in [6, 6.07) is 12.9. The van der Waals surface area contributed by atoms with E-state index in [0.29, 0.717) is 11.3 Å². The van der Waals surface area contributed by atoms with Gasteiger partial charge >= 0.3 is 0 Å². The fraction of sp³-hybridized carbons (Fsp3) is 0.118. The van der Waals surface area contributed by atoms with Crippen LogP contribution in [0.2, 0.25) is 0 Å². The first-order valence-corrected chi connectivity index (χ1v) is 7.42. The molecule has 0 amide bonds. The molecule has 0 aliphatic rings. The van der Waals surface area contributed by atoms with Crippen LogP contribution in [0, 0.1) is 3.57 Å². The fourth-order valence-corrected chi connectivity index (χ4v) is 2.21. The third-order valence-electron chi connectivity index (χ3n) is 2.98. The van der Waals surface area contributed by atoms with Crippen molar-refractivity contribution in [1.82, 2.24) is 0 Å². The summed E-state index contributed by atoms with van der Waals surface area (Å²) in [6.07, 6.45) is 3.28. The van der Waals surface area contributed by atoms with E-state index in [0.717, 1.165) is 14.9 Å². The first-order valence-electron chi connectivity index (χ1n) is 6.34. The van der Waals surface area contributed by atoms with E-state index < -0.39 is 0 Å². The summed E-state index contributed by atoms with van der Waals surface area (Å²) in [5.41, 5.74) is 1.46. The molecule has 0 unspecified atom stereocenters. The first-order chi connectivity index (χ1) is 10.1. The Balaban J connectivity index is 2.24. The summed E-state index contributed by atoms with van der Waals surface area (Å²) in [6.45, 7) is 0. The Morgan fingerprint density at radius 1 is 1.05 bits per heavy atom. The standard InChI is InChI=1S/C17H15IO3/c1-20-15-8-10-17(21-2)13(11-15)5-9-16(19)12-3-6-14(18)7-4-12/h3-11H,1-2H3/b9-5+. The maximum atomic E-state index is 12.1. The molecule has 0 saturated carbocycles. The number of ketones is 1. The molecule has 0 atom stereocenters. The minimum Gasteiger partial charge on any atom is -0.497 e. The van der Waals surface area contributed by atoms with Crippen LogP contribution >= 0.6 is 22.6 Å². The van der Waals surface area contributed by atoms with Crippen molar-refractivity contribution in [1.29, 1.82) is 0 Å². The average Bonchev–Trinajstić information content (AvgIpc) is 2.52. The number of halogens is 1. The van der Waals surface area contributed by atoms with E-state index in [4.69, 9.17) is 9.47 Å². The van der Waals surface area contributed by atoms with Gasteiger partial charge in [-0.05, 0) is 65.1 Å². The molecule has 0 fully saturated rings. The van der Waals surface area contributed by atoms with E-state index in [-0.39, 0.29) is 5.78 Å². The van der Waals surface area contributed by atoms with Crippen LogP contribution in [-0.2, 0) is 0 Å². The SMILES string of the molecule is COc1ccc(OC)c(/C=C/C(=O)c2ccc(I)cc2)c1. The Morgan fingerprint density at radius 2 is 1.76 bits per heavy atom. The van der Waals surface area contributed by atoms with E-state index >= 15 is 0 Å². The second-order valence-corrected chi connectivity index (χ2v) is 5.56. The molecule has 0 radical (unpaired) electrons. The third-order valence-corrected chi connectivity index (χ3v) is 3.70. The van der Waals surface area contributed by atoms with Crippen LogP contribution in [0.25, 0.3) is 6.08 Å². The number of ether oxygens (including phenoxy) is 2. The molecule has 21 heavy (non-hydrogen) atoms. The molecule has 0 heterocycles. The van der Waals surface area contributed by atoms with Gasteiger partial charge < -0.3 is 9.47 Å². The number of methoxy groups -OCH3 is 2. The fourth-order valence-electron chi connectivity index (χ4n) is 1.85. The summed E-state index contributed by atoms with van der Waals surface area (Å²) >= 11 is 2.21.